The number of anilines is 1. The van der Waals surface area contributed by atoms with E-state index in [4.69, 9.17) is 22.1 Å². The molecule has 1 aromatic carbocycles. The maximum absolute atomic E-state index is 12.7. The molecule has 3 rings (SSSR count). The Morgan fingerprint density at radius 1 is 1.16 bits per heavy atom. The number of ether oxygens (including phenoxy) is 1. The van der Waals surface area contributed by atoms with Gasteiger partial charge in [0.1, 0.15) is 5.60 Å². The van der Waals surface area contributed by atoms with Crippen molar-refractivity contribution in [3.05, 3.63) is 27.2 Å². The van der Waals surface area contributed by atoms with Crippen molar-refractivity contribution in [1.82, 2.24) is 14.7 Å². The molecule has 1 aromatic rings. The average molecular weight is 531 g/mol. The number of nitrogens with zero attached hydrogens (tertiary/aromatic N) is 3. The number of hydrogen-bond acceptors (Lipinski definition) is 6. The zero-order valence-corrected chi connectivity index (χ0v) is 20.8. The first-order chi connectivity index (χ1) is 14.9. The summed E-state index contributed by atoms with van der Waals surface area (Å²) in [5.41, 5.74) is 5.61. The highest BCUT2D eigenvalue weighted by atomic mass is 79.9. The smallest absolute Gasteiger partial charge is 0.410 e. The van der Waals surface area contributed by atoms with Crippen LogP contribution in [0.2, 0.25) is 5.02 Å². The summed E-state index contributed by atoms with van der Waals surface area (Å²) < 4.78 is 6.00. The first-order valence-corrected chi connectivity index (χ1v) is 11.6. The van der Waals surface area contributed by atoms with Gasteiger partial charge in [-0.3, -0.25) is 14.5 Å². The van der Waals surface area contributed by atoms with Crippen molar-refractivity contribution in [3.63, 3.8) is 0 Å². The van der Waals surface area contributed by atoms with Gasteiger partial charge in [0.2, 0.25) is 5.91 Å². The van der Waals surface area contributed by atoms with Gasteiger partial charge in [-0.25, -0.2) is 4.79 Å². The number of primary amides is 1. The van der Waals surface area contributed by atoms with Gasteiger partial charge in [0.05, 0.1) is 17.1 Å². The summed E-state index contributed by atoms with van der Waals surface area (Å²) in [5, 5.41) is 3.37. The first-order valence-electron chi connectivity index (χ1n) is 10.5. The van der Waals surface area contributed by atoms with Crippen LogP contribution in [-0.4, -0.2) is 90.1 Å². The lowest BCUT2D eigenvalue weighted by molar-refractivity contribution is -0.131. The first kappa shape index (κ1) is 24.6. The van der Waals surface area contributed by atoms with E-state index < -0.39 is 11.5 Å². The number of likely N-dealkylation sites (tertiary alicyclic amines) is 1. The molecule has 11 heteroatoms. The van der Waals surface area contributed by atoms with E-state index in [1.54, 1.807) is 15.9 Å². The fraction of sp³-hybridized carbons (Fsp3) is 0.571. The molecule has 0 atom stereocenters. The Morgan fingerprint density at radius 3 is 2.34 bits per heavy atom. The Kier molecular flexibility index (Phi) is 7.57. The predicted molar refractivity (Wildman–Crippen MR) is 126 cm³/mol. The van der Waals surface area contributed by atoms with E-state index in [9.17, 15) is 14.4 Å². The van der Waals surface area contributed by atoms with Crippen LogP contribution in [0.15, 0.2) is 16.6 Å². The Hall–Kier alpha value is -2.04. The molecule has 0 aromatic heterocycles. The van der Waals surface area contributed by atoms with E-state index in [1.165, 1.54) is 6.07 Å². The van der Waals surface area contributed by atoms with Crippen LogP contribution in [0.1, 0.15) is 31.1 Å². The van der Waals surface area contributed by atoms with E-state index in [0.717, 1.165) is 13.1 Å². The minimum absolute atomic E-state index is 0.0458. The van der Waals surface area contributed by atoms with Crippen LogP contribution in [0.3, 0.4) is 0 Å². The maximum atomic E-state index is 12.7. The van der Waals surface area contributed by atoms with E-state index in [0.29, 0.717) is 47.4 Å². The van der Waals surface area contributed by atoms with E-state index >= 15 is 0 Å². The average Bonchev–Trinajstić information content (AvgIpc) is 2.66. The number of hydrogen-bond donors (Lipinski definition) is 2. The van der Waals surface area contributed by atoms with Gasteiger partial charge in [-0.1, -0.05) is 11.6 Å². The topological polar surface area (TPSA) is 108 Å². The monoisotopic (exact) mass is 529 g/mol. The third-order valence-electron chi connectivity index (χ3n) is 5.45. The van der Waals surface area contributed by atoms with Crippen molar-refractivity contribution in [1.29, 1.82) is 0 Å². The zero-order chi connectivity index (χ0) is 23.6. The van der Waals surface area contributed by atoms with E-state index in [-0.39, 0.29) is 24.1 Å². The number of amides is 3. The standard InChI is InChI=1S/C21H29BrClN5O4/c1-21(2,3)32-20(31)28-11-13(12-28)26-4-6-27(7-5-26)18(29)10-25-17-9-15(22)16(23)8-14(17)19(24)30/h8-9,13,25H,4-7,10-12H2,1-3H3,(H2,24,30). The summed E-state index contributed by atoms with van der Waals surface area (Å²) in [5.74, 6) is -0.681. The van der Waals surface area contributed by atoms with Gasteiger partial charge < -0.3 is 25.6 Å². The number of nitrogens with one attached hydrogen (secondary N) is 1. The van der Waals surface area contributed by atoms with Gasteiger partial charge in [-0.2, -0.15) is 0 Å². The van der Waals surface area contributed by atoms with Crippen molar-refractivity contribution in [2.75, 3.05) is 51.1 Å². The molecular formula is C21H29BrClN5O4. The second kappa shape index (κ2) is 9.84. The molecule has 2 aliphatic rings. The Balaban J connectivity index is 1.45. The lowest BCUT2D eigenvalue weighted by atomic mass is 10.1. The lowest BCUT2D eigenvalue weighted by Gasteiger charge is -2.48. The summed E-state index contributed by atoms with van der Waals surface area (Å²) in [6, 6.07) is 3.40. The molecule has 0 bridgehead atoms. The molecule has 3 amide bonds. The predicted octanol–water partition coefficient (Wildman–Crippen LogP) is 2.38. The number of benzene rings is 1. The molecule has 0 aliphatic carbocycles. The molecule has 2 saturated heterocycles. The molecule has 0 unspecified atom stereocenters. The Labute approximate surface area is 201 Å². The van der Waals surface area contributed by atoms with Crippen LogP contribution in [-0.2, 0) is 9.53 Å². The SMILES string of the molecule is CC(C)(C)OC(=O)N1CC(N2CCN(C(=O)CNc3cc(Br)c(Cl)cc3C(N)=O)CC2)C1. The summed E-state index contributed by atoms with van der Waals surface area (Å²) in [7, 11) is 0. The molecule has 32 heavy (non-hydrogen) atoms. The molecule has 2 aliphatic heterocycles. The molecule has 0 saturated carbocycles. The largest absolute Gasteiger partial charge is 0.444 e. The number of halogens is 2. The highest BCUT2D eigenvalue weighted by molar-refractivity contribution is 9.10. The molecule has 2 heterocycles. The normalized spacial score (nSPS) is 17.7. The van der Waals surface area contributed by atoms with Crippen LogP contribution in [0.5, 0.6) is 0 Å². The van der Waals surface area contributed by atoms with Crippen molar-refractivity contribution in [2.45, 2.75) is 32.4 Å². The lowest BCUT2D eigenvalue weighted by Crippen LogP contribution is -2.65. The molecular weight excluding hydrogens is 502 g/mol. The van der Waals surface area contributed by atoms with Crippen LogP contribution in [0.25, 0.3) is 0 Å². The molecule has 3 N–H and O–H groups in total. The van der Waals surface area contributed by atoms with E-state index in [2.05, 4.69) is 26.1 Å². The molecule has 9 nitrogen and oxygen atoms in total. The van der Waals surface area contributed by atoms with Gasteiger partial charge in [0.15, 0.2) is 0 Å². The third-order valence-corrected chi connectivity index (χ3v) is 6.65. The molecule has 176 valence electrons. The maximum Gasteiger partial charge on any atom is 0.410 e. The summed E-state index contributed by atoms with van der Waals surface area (Å²) >= 11 is 9.35. The number of carbonyl (C=O) groups is 3. The Bertz CT molecular complexity index is 893. The number of piperazine rings is 1. The highest BCUT2D eigenvalue weighted by Gasteiger charge is 2.38. The second-order valence-corrected chi connectivity index (χ2v) is 10.2. The van der Waals surface area contributed by atoms with Gasteiger partial charge in [0.25, 0.3) is 5.91 Å². The fourth-order valence-electron chi connectivity index (χ4n) is 3.68. The van der Waals surface area contributed by atoms with Crippen LogP contribution < -0.4 is 11.1 Å². The fourth-order valence-corrected chi connectivity index (χ4v) is 4.18. The highest BCUT2D eigenvalue weighted by Crippen LogP contribution is 2.29. The minimum Gasteiger partial charge on any atom is -0.444 e. The minimum atomic E-state index is -0.621. The summed E-state index contributed by atoms with van der Waals surface area (Å²) in [6.07, 6.45) is -0.280. The van der Waals surface area contributed by atoms with Crippen molar-refractivity contribution >= 4 is 51.1 Å². The van der Waals surface area contributed by atoms with Crippen LogP contribution in [0.4, 0.5) is 10.5 Å². The number of rotatable bonds is 5. The summed E-state index contributed by atoms with van der Waals surface area (Å²) in [4.78, 5) is 42.2. The van der Waals surface area contributed by atoms with Gasteiger partial charge >= 0.3 is 6.09 Å². The molecule has 0 spiro atoms. The van der Waals surface area contributed by atoms with Crippen molar-refractivity contribution in [3.8, 4) is 0 Å². The van der Waals surface area contributed by atoms with Crippen LogP contribution in [0, 0.1) is 0 Å². The van der Waals surface area contributed by atoms with E-state index in [1.807, 2.05) is 20.8 Å². The van der Waals surface area contributed by atoms with Crippen molar-refractivity contribution < 1.29 is 19.1 Å². The number of nitrogens with two attached hydrogens (primary N) is 1. The van der Waals surface area contributed by atoms with Gasteiger partial charge in [-0.15, -0.1) is 0 Å². The number of carbonyl (C=O) groups excluding carboxylic acids is 3. The second-order valence-electron chi connectivity index (χ2n) is 8.99. The third kappa shape index (κ3) is 6.05. The Morgan fingerprint density at radius 2 is 1.78 bits per heavy atom. The van der Waals surface area contributed by atoms with Crippen molar-refractivity contribution in [2.24, 2.45) is 5.73 Å². The van der Waals surface area contributed by atoms with Gasteiger partial charge in [-0.05, 0) is 48.8 Å². The van der Waals surface area contributed by atoms with Gasteiger partial charge in [0, 0.05) is 55.5 Å². The quantitative estimate of drug-likeness (QED) is 0.605. The molecule has 0 radical (unpaired) electrons. The summed E-state index contributed by atoms with van der Waals surface area (Å²) in [6.45, 7) is 9.61. The van der Waals surface area contributed by atoms with Crippen LogP contribution >= 0.6 is 27.5 Å². The zero-order valence-electron chi connectivity index (χ0n) is 18.5. The molecule has 2 fully saturated rings.